The Kier molecular flexibility index (Phi) is 2.14. The van der Waals surface area contributed by atoms with Crippen LogP contribution in [-0.4, -0.2) is 11.7 Å². The molecule has 3 heterocycles. The Morgan fingerprint density at radius 2 is 1.71 bits per heavy atom. The molecule has 98 valence electrons. The van der Waals surface area contributed by atoms with E-state index in [4.69, 9.17) is 0 Å². The first-order valence-corrected chi connectivity index (χ1v) is 7.47. The van der Waals surface area contributed by atoms with Gasteiger partial charge < -0.3 is 4.81 Å². The average Bonchev–Trinajstić information content (AvgIpc) is 2.54. The molecule has 3 aliphatic heterocycles. The lowest BCUT2D eigenvalue weighted by molar-refractivity contribution is 0.643. The summed E-state index contributed by atoms with van der Waals surface area (Å²) in [4.78, 5) is 2.50. The molecule has 0 aromatic heterocycles. The smallest absolute Gasteiger partial charge is 0.328 e. The van der Waals surface area contributed by atoms with Crippen LogP contribution in [0.1, 0.15) is 11.1 Å². The zero-order chi connectivity index (χ0) is 13.8. The maximum absolute atomic E-state index is 2.50. The highest BCUT2D eigenvalue weighted by molar-refractivity contribution is 6.85. The van der Waals surface area contributed by atoms with E-state index in [1.807, 2.05) is 0 Å². The highest BCUT2D eigenvalue weighted by Gasteiger charge is 2.40. The molecule has 0 atom stereocenters. The zero-order valence-electron chi connectivity index (χ0n) is 11.7. The molecule has 1 nitrogen and oxygen atoms in total. The molecule has 2 aromatic carbocycles. The molecule has 0 spiro atoms. The molecule has 5 rings (SSSR count). The number of hydrogen-bond donors (Lipinski definition) is 0. The van der Waals surface area contributed by atoms with Crippen molar-refractivity contribution in [2.75, 3.05) is 0 Å². The van der Waals surface area contributed by atoms with Gasteiger partial charge in [0.25, 0.3) is 0 Å². The molecular formula is C19H14BN. The van der Waals surface area contributed by atoms with Gasteiger partial charge in [0, 0.05) is 17.8 Å². The van der Waals surface area contributed by atoms with Crippen LogP contribution in [0, 0.1) is 0 Å². The van der Waals surface area contributed by atoms with Gasteiger partial charge in [0.05, 0.1) is 0 Å². The standard InChI is InChI=1S/C19H14BN/c1-3-10-18-14(6-1)12-16-8-5-9-17-13-15-7-2-4-11-19(15)20(18)21(16)17/h1-12H,13H2. The van der Waals surface area contributed by atoms with Crippen molar-refractivity contribution in [2.24, 2.45) is 0 Å². The first kappa shape index (κ1) is 11.2. The molecule has 3 aliphatic rings. The van der Waals surface area contributed by atoms with Gasteiger partial charge in [0.1, 0.15) is 0 Å². The van der Waals surface area contributed by atoms with Crippen molar-refractivity contribution < 1.29 is 0 Å². The fraction of sp³-hybridized carbons (Fsp3) is 0.0526. The maximum atomic E-state index is 2.50. The summed E-state index contributed by atoms with van der Waals surface area (Å²) >= 11 is 0. The van der Waals surface area contributed by atoms with E-state index in [1.165, 1.54) is 33.4 Å². The Bertz CT molecular complexity index is 844. The second-order valence-electron chi connectivity index (χ2n) is 5.86. The van der Waals surface area contributed by atoms with Gasteiger partial charge in [-0.05, 0) is 40.3 Å². The maximum Gasteiger partial charge on any atom is 0.328 e. The van der Waals surface area contributed by atoms with E-state index in [0.29, 0.717) is 6.85 Å². The minimum atomic E-state index is 0.322. The van der Waals surface area contributed by atoms with Crippen LogP contribution in [0.4, 0.5) is 0 Å². The molecule has 21 heavy (non-hydrogen) atoms. The third-order valence-corrected chi connectivity index (χ3v) is 4.72. The van der Waals surface area contributed by atoms with Crippen LogP contribution in [0.15, 0.2) is 78.2 Å². The van der Waals surface area contributed by atoms with E-state index >= 15 is 0 Å². The third kappa shape index (κ3) is 1.47. The van der Waals surface area contributed by atoms with Crippen molar-refractivity contribution in [1.29, 1.82) is 0 Å². The molecule has 0 saturated carbocycles. The van der Waals surface area contributed by atoms with Gasteiger partial charge in [0.2, 0.25) is 0 Å². The van der Waals surface area contributed by atoms with E-state index in [0.717, 1.165) is 6.42 Å². The minimum absolute atomic E-state index is 0.322. The topological polar surface area (TPSA) is 3.24 Å². The van der Waals surface area contributed by atoms with Crippen LogP contribution < -0.4 is 10.9 Å². The van der Waals surface area contributed by atoms with Crippen LogP contribution in [0.25, 0.3) is 6.08 Å². The largest absolute Gasteiger partial charge is 0.380 e. The van der Waals surface area contributed by atoms with Crippen LogP contribution in [0.2, 0.25) is 0 Å². The minimum Gasteiger partial charge on any atom is -0.380 e. The summed E-state index contributed by atoms with van der Waals surface area (Å²) in [7, 11) is 0. The number of hydrogen-bond acceptors (Lipinski definition) is 1. The molecule has 2 aromatic rings. The number of nitrogens with zero attached hydrogens (tertiary/aromatic N) is 1. The Morgan fingerprint density at radius 1 is 0.905 bits per heavy atom. The quantitative estimate of drug-likeness (QED) is 0.663. The van der Waals surface area contributed by atoms with E-state index < -0.39 is 0 Å². The lowest BCUT2D eigenvalue weighted by atomic mass is 9.43. The highest BCUT2D eigenvalue weighted by Crippen LogP contribution is 2.32. The second-order valence-corrected chi connectivity index (χ2v) is 5.86. The summed E-state index contributed by atoms with van der Waals surface area (Å²) in [5, 5.41) is 0. The van der Waals surface area contributed by atoms with Gasteiger partial charge in [-0.1, -0.05) is 54.6 Å². The number of benzene rings is 2. The monoisotopic (exact) mass is 267 g/mol. The third-order valence-electron chi connectivity index (χ3n) is 4.72. The Balaban J connectivity index is 1.86. The molecule has 0 aliphatic carbocycles. The van der Waals surface area contributed by atoms with Gasteiger partial charge in [-0.3, -0.25) is 0 Å². The lowest BCUT2D eigenvalue weighted by Gasteiger charge is -2.43. The molecule has 0 radical (unpaired) electrons. The van der Waals surface area contributed by atoms with Crippen molar-refractivity contribution in [3.05, 3.63) is 89.3 Å². The zero-order valence-corrected chi connectivity index (χ0v) is 11.7. The van der Waals surface area contributed by atoms with Crippen molar-refractivity contribution in [2.45, 2.75) is 6.42 Å². The average molecular weight is 267 g/mol. The Hall–Kier alpha value is -2.48. The van der Waals surface area contributed by atoms with Crippen LogP contribution in [-0.2, 0) is 6.42 Å². The van der Waals surface area contributed by atoms with Gasteiger partial charge >= 0.3 is 6.85 Å². The SMILES string of the molecule is C1=CC2=Cc3ccccc3B3c4ccccc4CC(=C1)N32. The normalized spacial score (nSPS) is 17.5. The number of allylic oxidation sites excluding steroid dienone is 4. The fourth-order valence-corrected chi connectivity index (χ4v) is 3.81. The second kappa shape index (κ2) is 4.01. The van der Waals surface area contributed by atoms with Crippen molar-refractivity contribution in [3.8, 4) is 0 Å². The molecule has 0 amide bonds. The van der Waals surface area contributed by atoms with Crippen molar-refractivity contribution in [1.82, 2.24) is 4.81 Å². The van der Waals surface area contributed by atoms with Gasteiger partial charge in [0.15, 0.2) is 0 Å². The van der Waals surface area contributed by atoms with E-state index in [-0.39, 0.29) is 0 Å². The summed E-state index contributed by atoms with van der Waals surface area (Å²) < 4.78 is 0. The number of rotatable bonds is 0. The van der Waals surface area contributed by atoms with E-state index in [9.17, 15) is 0 Å². The molecule has 0 bridgehead atoms. The molecular weight excluding hydrogens is 253 g/mol. The van der Waals surface area contributed by atoms with E-state index in [1.54, 1.807) is 0 Å². The molecule has 0 fully saturated rings. The number of fused-ring (bicyclic) bond motifs is 4. The summed E-state index contributed by atoms with van der Waals surface area (Å²) in [6.45, 7) is 0.322. The predicted molar refractivity (Wildman–Crippen MR) is 88.6 cm³/mol. The Morgan fingerprint density at radius 3 is 2.67 bits per heavy atom. The molecule has 0 saturated heterocycles. The summed E-state index contributed by atoms with van der Waals surface area (Å²) in [5.41, 5.74) is 8.37. The lowest BCUT2D eigenvalue weighted by Crippen LogP contribution is -2.61. The summed E-state index contributed by atoms with van der Waals surface area (Å²) in [6, 6.07) is 17.6. The summed E-state index contributed by atoms with van der Waals surface area (Å²) in [6.07, 6.45) is 9.99. The summed E-state index contributed by atoms with van der Waals surface area (Å²) in [5.74, 6) is 0. The van der Waals surface area contributed by atoms with Crippen LogP contribution in [0.3, 0.4) is 0 Å². The van der Waals surface area contributed by atoms with Gasteiger partial charge in [-0.15, -0.1) is 0 Å². The van der Waals surface area contributed by atoms with Gasteiger partial charge in [-0.2, -0.15) is 0 Å². The van der Waals surface area contributed by atoms with E-state index in [2.05, 4.69) is 77.6 Å². The Labute approximate surface area is 125 Å². The molecule has 0 N–H and O–H groups in total. The first-order chi connectivity index (χ1) is 10.4. The molecule has 2 heteroatoms. The first-order valence-electron chi connectivity index (χ1n) is 7.47. The van der Waals surface area contributed by atoms with Gasteiger partial charge in [-0.25, -0.2) is 0 Å². The van der Waals surface area contributed by atoms with Crippen LogP contribution >= 0.6 is 0 Å². The fourth-order valence-electron chi connectivity index (χ4n) is 3.81. The predicted octanol–water partition coefficient (Wildman–Crippen LogP) is 2.46. The highest BCUT2D eigenvalue weighted by atomic mass is 15.1. The van der Waals surface area contributed by atoms with Crippen molar-refractivity contribution in [3.63, 3.8) is 0 Å². The molecule has 0 unspecified atom stereocenters. The van der Waals surface area contributed by atoms with Crippen molar-refractivity contribution >= 4 is 23.8 Å². The van der Waals surface area contributed by atoms with Crippen LogP contribution in [0.5, 0.6) is 0 Å².